The van der Waals surface area contributed by atoms with Crippen molar-refractivity contribution in [1.82, 2.24) is 4.90 Å². The molecule has 1 amide bonds. The minimum atomic E-state index is -1.08. The molecule has 3 N–H and O–H groups in total. The average Bonchev–Trinajstić information content (AvgIpc) is 2.68. The molecule has 0 radical (unpaired) electrons. The van der Waals surface area contributed by atoms with Crippen LogP contribution >= 0.6 is 11.8 Å². The molecular weight excluding hydrogens is 240 g/mol. The predicted molar refractivity (Wildman–Crippen MR) is 68.0 cm³/mol. The van der Waals surface area contributed by atoms with Gasteiger partial charge in [-0.1, -0.05) is 0 Å². The molecule has 0 spiro atoms. The van der Waals surface area contributed by atoms with Gasteiger partial charge in [0.15, 0.2) is 0 Å². The Morgan fingerprint density at radius 3 is 2.76 bits per heavy atom. The lowest BCUT2D eigenvalue weighted by Gasteiger charge is -2.33. The lowest BCUT2D eigenvalue weighted by atomic mass is 9.98. The first-order valence-corrected chi connectivity index (χ1v) is 7.12. The summed E-state index contributed by atoms with van der Waals surface area (Å²) in [6.07, 6.45) is 3.77. The normalized spacial score (nSPS) is 25.9. The Labute approximate surface area is 106 Å². The zero-order valence-electron chi connectivity index (χ0n) is 10.3. The van der Waals surface area contributed by atoms with E-state index in [1.54, 1.807) is 18.7 Å². The van der Waals surface area contributed by atoms with Gasteiger partial charge in [0.1, 0.15) is 5.54 Å². The van der Waals surface area contributed by atoms with E-state index in [1.165, 1.54) is 4.90 Å². The van der Waals surface area contributed by atoms with Crippen LogP contribution in [0.3, 0.4) is 0 Å². The van der Waals surface area contributed by atoms with Gasteiger partial charge in [0.2, 0.25) is 5.91 Å². The van der Waals surface area contributed by atoms with Gasteiger partial charge in [0.25, 0.3) is 0 Å². The van der Waals surface area contributed by atoms with E-state index < -0.39 is 17.6 Å². The molecule has 0 aliphatic carbocycles. The number of rotatable bonds is 5. The summed E-state index contributed by atoms with van der Waals surface area (Å²) in [6, 6.07) is -0.584. The summed E-state index contributed by atoms with van der Waals surface area (Å²) < 4.78 is 0. The molecule has 1 aliphatic rings. The van der Waals surface area contributed by atoms with Gasteiger partial charge < -0.3 is 15.7 Å². The van der Waals surface area contributed by atoms with Crippen molar-refractivity contribution >= 4 is 23.6 Å². The highest BCUT2D eigenvalue weighted by atomic mass is 32.2. The van der Waals surface area contributed by atoms with Crippen molar-refractivity contribution < 1.29 is 14.7 Å². The fraction of sp³-hybridized carbons (Fsp3) is 0.818. The first kappa shape index (κ1) is 14.3. The van der Waals surface area contributed by atoms with Crippen LogP contribution in [0, 0.1) is 0 Å². The number of carboxylic acid groups (broad SMARTS) is 1. The Kier molecular flexibility index (Phi) is 4.82. The maximum Gasteiger partial charge on any atom is 0.329 e. The van der Waals surface area contributed by atoms with E-state index in [9.17, 15) is 14.7 Å². The molecule has 1 rings (SSSR count). The minimum Gasteiger partial charge on any atom is -0.480 e. The van der Waals surface area contributed by atoms with Crippen LogP contribution in [-0.4, -0.2) is 52.0 Å². The first-order chi connectivity index (χ1) is 7.93. The fourth-order valence-electron chi connectivity index (χ4n) is 2.11. The number of thioether (sulfide) groups is 1. The maximum absolute atomic E-state index is 12.1. The molecule has 1 fully saturated rings. The largest absolute Gasteiger partial charge is 0.480 e. The molecule has 0 bridgehead atoms. The van der Waals surface area contributed by atoms with E-state index in [4.69, 9.17) is 5.73 Å². The highest BCUT2D eigenvalue weighted by molar-refractivity contribution is 7.98. The van der Waals surface area contributed by atoms with Crippen molar-refractivity contribution in [2.75, 3.05) is 18.6 Å². The molecule has 2 atom stereocenters. The SMILES string of the molecule is CSCC[C@H](N)C(=O)N1CCCC1(C)C(=O)O. The van der Waals surface area contributed by atoms with Crippen LogP contribution in [-0.2, 0) is 9.59 Å². The third-order valence-electron chi connectivity index (χ3n) is 3.32. The lowest BCUT2D eigenvalue weighted by Crippen LogP contribution is -2.55. The van der Waals surface area contributed by atoms with E-state index in [1.807, 2.05) is 6.26 Å². The van der Waals surface area contributed by atoms with Crippen LogP contribution < -0.4 is 5.73 Å². The summed E-state index contributed by atoms with van der Waals surface area (Å²) in [5.74, 6) is -0.369. The second kappa shape index (κ2) is 5.73. The van der Waals surface area contributed by atoms with Gasteiger partial charge in [-0.15, -0.1) is 0 Å². The second-order valence-corrected chi connectivity index (χ2v) is 5.55. The van der Waals surface area contributed by atoms with Crippen molar-refractivity contribution in [1.29, 1.82) is 0 Å². The molecule has 1 aliphatic heterocycles. The highest BCUT2D eigenvalue weighted by Crippen LogP contribution is 2.29. The van der Waals surface area contributed by atoms with Crippen LogP contribution in [0.25, 0.3) is 0 Å². The molecule has 98 valence electrons. The molecule has 0 aromatic rings. The Balaban J connectivity index is 2.71. The third kappa shape index (κ3) is 2.93. The van der Waals surface area contributed by atoms with E-state index in [-0.39, 0.29) is 5.91 Å². The molecule has 17 heavy (non-hydrogen) atoms. The van der Waals surface area contributed by atoms with Crippen LogP contribution in [0.1, 0.15) is 26.2 Å². The van der Waals surface area contributed by atoms with Crippen molar-refractivity contribution in [2.45, 2.75) is 37.8 Å². The Bertz CT molecular complexity index is 311. The summed E-state index contributed by atoms with van der Waals surface area (Å²) in [7, 11) is 0. The lowest BCUT2D eigenvalue weighted by molar-refractivity contribution is -0.155. The standard InChI is InChI=1S/C11H20N2O3S/c1-11(10(15)16)5-3-6-13(11)9(14)8(12)4-7-17-2/h8H,3-7,12H2,1-2H3,(H,15,16)/t8-,11?/m0/s1. The molecule has 6 heteroatoms. The quantitative estimate of drug-likeness (QED) is 0.753. The number of carbonyl (C=O) groups excluding carboxylic acids is 1. The van der Waals surface area contributed by atoms with Gasteiger partial charge in [-0.25, -0.2) is 4.79 Å². The minimum absolute atomic E-state index is 0.235. The van der Waals surface area contributed by atoms with E-state index in [2.05, 4.69) is 0 Å². The Morgan fingerprint density at radius 1 is 1.59 bits per heavy atom. The van der Waals surface area contributed by atoms with Gasteiger partial charge in [0, 0.05) is 6.54 Å². The van der Waals surface area contributed by atoms with Crippen molar-refractivity contribution in [2.24, 2.45) is 5.73 Å². The number of likely N-dealkylation sites (tertiary alicyclic amines) is 1. The molecule has 1 heterocycles. The first-order valence-electron chi connectivity index (χ1n) is 5.73. The zero-order chi connectivity index (χ0) is 13.1. The average molecular weight is 260 g/mol. The second-order valence-electron chi connectivity index (χ2n) is 4.56. The number of carboxylic acids is 1. The van der Waals surface area contributed by atoms with Crippen molar-refractivity contribution in [3.8, 4) is 0 Å². The number of carbonyl (C=O) groups is 2. The van der Waals surface area contributed by atoms with Gasteiger partial charge >= 0.3 is 5.97 Å². The molecule has 0 saturated carbocycles. The predicted octanol–water partition coefficient (Wildman–Crippen LogP) is 0.532. The summed E-state index contributed by atoms with van der Waals surface area (Å²) in [5.41, 5.74) is 4.73. The number of aliphatic carboxylic acids is 1. The van der Waals surface area contributed by atoms with E-state index in [0.717, 1.165) is 12.2 Å². The van der Waals surface area contributed by atoms with Crippen LogP contribution in [0.15, 0.2) is 0 Å². The molecule has 1 saturated heterocycles. The summed E-state index contributed by atoms with van der Waals surface area (Å²) in [6.45, 7) is 2.09. The molecule has 0 aromatic carbocycles. The number of hydrogen-bond acceptors (Lipinski definition) is 4. The Morgan fingerprint density at radius 2 is 2.24 bits per heavy atom. The van der Waals surface area contributed by atoms with Crippen molar-refractivity contribution in [3.63, 3.8) is 0 Å². The smallest absolute Gasteiger partial charge is 0.329 e. The van der Waals surface area contributed by atoms with Crippen LogP contribution in [0.4, 0.5) is 0 Å². The molecular formula is C11H20N2O3S. The third-order valence-corrected chi connectivity index (χ3v) is 3.96. The topological polar surface area (TPSA) is 83.6 Å². The van der Waals surface area contributed by atoms with Crippen molar-refractivity contribution in [3.05, 3.63) is 0 Å². The summed E-state index contributed by atoms with van der Waals surface area (Å²) in [5, 5.41) is 9.21. The van der Waals surface area contributed by atoms with Gasteiger partial charge in [-0.3, -0.25) is 4.79 Å². The monoisotopic (exact) mass is 260 g/mol. The fourth-order valence-corrected chi connectivity index (χ4v) is 2.60. The van der Waals surface area contributed by atoms with Gasteiger partial charge in [-0.2, -0.15) is 11.8 Å². The molecule has 1 unspecified atom stereocenters. The maximum atomic E-state index is 12.1. The summed E-state index contributed by atoms with van der Waals surface area (Å²) >= 11 is 1.63. The zero-order valence-corrected chi connectivity index (χ0v) is 11.1. The van der Waals surface area contributed by atoms with Gasteiger partial charge in [0.05, 0.1) is 6.04 Å². The highest BCUT2D eigenvalue weighted by Gasteiger charge is 2.46. The summed E-state index contributed by atoms with van der Waals surface area (Å²) in [4.78, 5) is 24.8. The number of amides is 1. The van der Waals surface area contributed by atoms with Crippen LogP contribution in [0.2, 0.25) is 0 Å². The van der Waals surface area contributed by atoms with Gasteiger partial charge in [-0.05, 0) is 38.2 Å². The number of hydrogen-bond donors (Lipinski definition) is 2. The van der Waals surface area contributed by atoms with E-state index >= 15 is 0 Å². The molecule has 0 aromatic heterocycles. The van der Waals surface area contributed by atoms with E-state index in [0.29, 0.717) is 19.4 Å². The Hall–Kier alpha value is -0.750. The number of nitrogens with zero attached hydrogens (tertiary/aromatic N) is 1. The molecule has 5 nitrogen and oxygen atoms in total. The van der Waals surface area contributed by atoms with Crippen LogP contribution in [0.5, 0.6) is 0 Å². The number of nitrogens with two attached hydrogens (primary N) is 1.